The van der Waals surface area contributed by atoms with Gasteiger partial charge in [0.2, 0.25) is 11.8 Å². The molecule has 0 N–H and O–H groups in total. The lowest BCUT2D eigenvalue weighted by Gasteiger charge is -2.35. The number of carbonyl (C=O) groups is 2. The van der Waals surface area contributed by atoms with Gasteiger partial charge in [-0.3, -0.25) is 14.5 Å². The first-order valence-electron chi connectivity index (χ1n) is 10.7. The number of aromatic nitrogens is 2. The molecule has 1 aromatic carbocycles. The number of benzene rings is 1. The van der Waals surface area contributed by atoms with Crippen molar-refractivity contribution in [2.45, 2.75) is 51.6 Å². The fourth-order valence-electron chi connectivity index (χ4n) is 4.31. The van der Waals surface area contributed by atoms with Crippen molar-refractivity contribution in [2.24, 2.45) is 0 Å². The zero-order valence-electron chi connectivity index (χ0n) is 17.9. The summed E-state index contributed by atoms with van der Waals surface area (Å²) < 4.78 is 18.3. The van der Waals surface area contributed by atoms with E-state index in [4.69, 9.17) is 14.7 Å². The van der Waals surface area contributed by atoms with E-state index in [9.17, 15) is 14.0 Å². The van der Waals surface area contributed by atoms with Gasteiger partial charge in [-0.05, 0) is 43.9 Å². The lowest BCUT2D eigenvalue weighted by molar-refractivity contribution is -0.136. The molecule has 164 valence electrons. The van der Waals surface area contributed by atoms with Gasteiger partial charge in [-0.25, -0.2) is 14.4 Å². The highest BCUT2D eigenvalue weighted by molar-refractivity contribution is 6.00. The number of hydrogen-bond acceptors (Lipinski definition) is 5. The van der Waals surface area contributed by atoms with Gasteiger partial charge in [0.15, 0.2) is 5.82 Å². The second-order valence-corrected chi connectivity index (χ2v) is 8.09. The van der Waals surface area contributed by atoms with Gasteiger partial charge in [0.25, 0.3) is 0 Å². The molecule has 2 amide bonds. The SMILES string of the molecule is COCCC(=O)N1CCCC[C@H]1c1nc(C)c2c(n1)N(Cc1ccc(F)cc1)C(=O)C2. The van der Waals surface area contributed by atoms with Crippen LogP contribution in [0.4, 0.5) is 10.2 Å². The molecule has 7 nitrogen and oxygen atoms in total. The van der Waals surface area contributed by atoms with Crippen LogP contribution in [0.2, 0.25) is 0 Å². The Morgan fingerprint density at radius 2 is 2.00 bits per heavy atom. The van der Waals surface area contributed by atoms with E-state index >= 15 is 0 Å². The summed E-state index contributed by atoms with van der Waals surface area (Å²) in [6.45, 7) is 3.26. The van der Waals surface area contributed by atoms with Gasteiger partial charge < -0.3 is 9.64 Å². The van der Waals surface area contributed by atoms with Gasteiger partial charge in [0.05, 0.1) is 32.0 Å². The van der Waals surface area contributed by atoms with Crippen LogP contribution in [-0.2, 0) is 27.3 Å². The van der Waals surface area contributed by atoms with E-state index in [1.807, 2.05) is 11.8 Å². The fourth-order valence-corrected chi connectivity index (χ4v) is 4.31. The van der Waals surface area contributed by atoms with E-state index in [1.54, 1.807) is 24.1 Å². The average molecular weight is 426 g/mol. The standard InChI is InChI=1S/C23H27FN4O3/c1-15-18-13-21(30)28(14-16-6-8-17(24)9-7-16)23(18)26-22(25-15)19-5-3-4-11-27(19)20(29)10-12-31-2/h6-9,19H,3-5,10-14H2,1-2H3/t19-/m0/s1. The largest absolute Gasteiger partial charge is 0.384 e. The molecule has 31 heavy (non-hydrogen) atoms. The summed E-state index contributed by atoms with van der Waals surface area (Å²) in [5.41, 5.74) is 2.42. The molecule has 1 atom stereocenters. The van der Waals surface area contributed by atoms with E-state index < -0.39 is 0 Å². The molecule has 0 aliphatic carbocycles. The zero-order chi connectivity index (χ0) is 22.0. The number of likely N-dealkylation sites (tertiary alicyclic amines) is 1. The predicted octanol–water partition coefficient (Wildman–Crippen LogP) is 3.10. The first kappa shape index (κ1) is 21.4. The minimum atomic E-state index is -0.312. The van der Waals surface area contributed by atoms with Gasteiger partial charge in [-0.1, -0.05) is 12.1 Å². The van der Waals surface area contributed by atoms with Gasteiger partial charge in [0.1, 0.15) is 11.6 Å². The first-order valence-corrected chi connectivity index (χ1v) is 10.7. The maximum atomic E-state index is 13.3. The number of anilines is 1. The molecule has 2 aliphatic rings. The summed E-state index contributed by atoms with van der Waals surface area (Å²) in [6, 6.07) is 5.92. The van der Waals surface area contributed by atoms with E-state index in [2.05, 4.69) is 0 Å². The van der Waals surface area contributed by atoms with Crippen LogP contribution >= 0.6 is 0 Å². The Balaban J connectivity index is 1.64. The van der Waals surface area contributed by atoms with Crippen molar-refractivity contribution in [3.8, 4) is 0 Å². The monoisotopic (exact) mass is 426 g/mol. The molecular formula is C23H27FN4O3. The number of nitrogens with zero attached hydrogens (tertiary/aromatic N) is 4. The van der Waals surface area contributed by atoms with Crippen molar-refractivity contribution in [3.63, 3.8) is 0 Å². The lowest BCUT2D eigenvalue weighted by atomic mass is 10.0. The second kappa shape index (κ2) is 9.09. The lowest BCUT2D eigenvalue weighted by Crippen LogP contribution is -2.40. The number of piperidine rings is 1. The third-order valence-corrected chi connectivity index (χ3v) is 5.99. The van der Waals surface area contributed by atoms with Gasteiger partial charge in [-0.2, -0.15) is 0 Å². The summed E-state index contributed by atoms with van der Waals surface area (Å²) in [5, 5.41) is 0. The molecule has 1 aromatic heterocycles. The molecule has 0 unspecified atom stereocenters. The second-order valence-electron chi connectivity index (χ2n) is 8.09. The van der Waals surface area contributed by atoms with Crippen LogP contribution in [0.1, 0.15) is 54.4 Å². The quantitative estimate of drug-likeness (QED) is 0.710. The fraction of sp³-hybridized carbons (Fsp3) is 0.478. The van der Waals surface area contributed by atoms with Crippen LogP contribution in [0, 0.1) is 12.7 Å². The Morgan fingerprint density at radius 1 is 1.23 bits per heavy atom. The number of ether oxygens (including phenoxy) is 1. The average Bonchev–Trinajstić information content (AvgIpc) is 3.09. The van der Waals surface area contributed by atoms with E-state index in [-0.39, 0.29) is 30.1 Å². The number of hydrogen-bond donors (Lipinski definition) is 0. The minimum Gasteiger partial charge on any atom is -0.384 e. The predicted molar refractivity (Wildman–Crippen MR) is 113 cm³/mol. The van der Waals surface area contributed by atoms with E-state index in [1.165, 1.54) is 12.1 Å². The van der Waals surface area contributed by atoms with Crippen LogP contribution < -0.4 is 4.90 Å². The van der Waals surface area contributed by atoms with Crippen LogP contribution in [0.25, 0.3) is 0 Å². The number of rotatable bonds is 6. The molecule has 1 fully saturated rings. The van der Waals surface area contributed by atoms with Crippen molar-refractivity contribution < 1.29 is 18.7 Å². The van der Waals surface area contributed by atoms with Crippen LogP contribution in [-0.4, -0.2) is 46.9 Å². The molecule has 3 heterocycles. The maximum Gasteiger partial charge on any atom is 0.233 e. The Morgan fingerprint density at radius 3 is 2.74 bits per heavy atom. The number of amides is 2. The summed E-state index contributed by atoms with van der Waals surface area (Å²) in [6.07, 6.45) is 3.32. The van der Waals surface area contributed by atoms with Crippen molar-refractivity contribution in [3.05, 3.63) is 52.7 Å². The molecule has 1 saturated heterocycles. The molecule has 0 bridgehead atoms. The van der Waals surface area contributed by atoms with Crippen LogP contribution in [0.3, 0.4) is 0 Å². The van der Waals surface area contributed by atoms with Crippen molar-refractivity contribution in [1.82, 2.24) is 14.9 Å². The minimum absolute atomic E-state index is 0.0348. The van der Waals surface area contributed by atoms with Crippen molar-refractivity contribution >= 4 is 17.6 Å². The number of halogens is 1. The molecule has 0 saturated carbocycles. The summed E-state index contributed by atoms with van der Waals surface area (Å²) in [7, 11) is 1.58. The first-order chi connectivity index (χ1) is 15.0. The summed E-state index contributed by atoms with van der Waals surface area (Å²) in [4.78, 5) is 38.5. The highest BCUT2D eigenvalue weighted by Gasteiger charge is 2.35. The number of carbonyl (C=O) groups excluding carboxylic acids is 2. The molecule has 2 aromatic rings. The number of aryl methyl sites for hydroxylation is 1. The van der Waals surface area contributed by atoms with Crippen LogP contribution in [0.5, 0.6) is 0 Å². The zero-order valence-corrected chi connectivity index (χ0v) is 17.9. The topological polar surface area (TPSA) is 75.6 Å². The van der Waals surface area contributed by atoms with E-state index in [0.717, 1.165) is 36.1 Å². The Hall–Kier alpha value is -2.87. The molecule has 4 rings (SSSR count). The van der Waals surface area contributed by atoms with Crippen molar-refractivity contribution in [1.29, 1.82) is 0 Å². The Bertz CT molecular complexity index is 980. The highest BCUT2D eigenvalue weighted by Crippen LogP contribution is 2.35. The molecule has 8 heteroatoms. The Kier molecular flexibility index (Phi) is 6.27. The molecule has 0 radical (unpaired) electrons. The number of fused-ring (bicyclic) bond motifs is 1. The van der Waals surface area contributed by atoms with Gasteiger partial charge >= 0.3 is 0 Å². The van der Waals surface area contributed by atoms with E-state index in [0.29, 0.717) is 37.8 Å². The molecular weight excluding hydrogens is 399 g/mol. The normalized spacial score (nSPS) is 18.4. The third-order valence-electron chi connectivity index (χ3n) is 5.99. The van der Waals surface area contributed by atoms with Gasteiger partial charge in [-0.15, -0.1) is 0 Å². The maximum absolute atomic E-state index is 13.3. The summed E-state index contributed by atoms with van der Waals surface area (Å²) in [5.74, 6) is 0.859. The van der Waals surface area contributed by atoms with Gasteiger partial charge in [0, 0.05) is 24.9 Å². The van der Waals surface area contributed by atoms with Crippen molar-refractivity contribution in [2.75, 3.05) is 25.2 Å². The molecule has 2 aliphatic heterocycles. The molecule has 0 spiro atoms. The van der Waals surface area contributed by atoms with Crippen LogP contribution in [0.15, 0.2) is 24.3 Å². The number of methoxy groups -OCH3 is 1. The highest BCUT2D eigenvalue weighted by atomic mass is 19.1. The third kappa shape index (κ3) is 4.44. The Labute approximate surface area is 181 Å². The smallest absolute Gasteiger partial charge is 0.233 e. The summed E-state index contributed by atoms with van der Waals surface area (Å²) >= 11 is 0.